The summed E-state index contributed by atoms with van der Waals surface area (Å²) >= 11 is 1.15. The van der Waals surface area contributed by atoms with Gasteiger partial charge in [0, 0.05) is 16.5 Å². The molecule has 0 atom stereocenters. The molecule has 4 aromatic carbocycles. The van der Waals surface area contributed by atoms with Crippen molar-refractivity contribution in [2.75, 3.05) is 0 Å². The van der Waals surface area contributed by atoms with Crippen molar-refractivity contribution >= 4 is 32.9 Å². The molecule has 6 aromatic rings. The van der Waals surface area contributed by atoms with E-state index in [0.717, 1.165) is 49.8 Å². The summed E-state index contributed by atoms with van der Waals surface area (Å²) in [4.78, 5) is 26.9. The Morgan fingerprint density at radius 2 is 1.52 bits per heavy atom. The van der Waals surface area contributed by atoms with Crippen LogP contribution < -0.4 is 5.56 Å². The predicted molar refractivity (Wildman–Crippen MR) is 160 cm³/mol. The molecule has 8 heteroatoms. The van der Waals surface area contributed by atoms with Gasteiger partial charge in [-0.2, -0.15) is 13.2 Å². The Kier molecular flexibility index (Phi) is 7.16. The maximum absolute atomic E-state index is 13.8. The second kappa shape index (κ2) is 10.9. The van der Waals surface area contributed by atoms with Crippen molar-refractivity contribution in [2.45, 2.75) is 25.4 Å². The Labute approximate surface area is 242 Å². The molecule has 6 rings (SSSR count). The molecular weight excluding hydrogens is 559 g/mol. The van der Waals surface area contributed by atoms with E-state index in [4.69, 9.17) is 0 Å². The number of hydrogen-bond donors (Lipinski definition) is 1. The van der Waals surface area contributed by atoms with E-state index >= 15 is 0 Å². The summed E-state index contributed by atoms with van der Waals surface area (Å²) in [7, 11) is 0. The van der Waals surface area contributed by atoms with Crippen LogP contribution >= 0.6 is 11.3 Å². The molecule has 2 aromatic heterocycles. The van der Waals surface area contributed by atoms with Crippen molar-refractivity contribution in [1.29, 1.82) is 0 Å². The molecule has 0 bridgehead atoms. The number of aryl methyl sites for hydroxylation is 2. The third-order valence-corrected chi connectivity index (χ3v) is 8.61. The quantitative estimate of drug-likeness (QED) is 0.206. The largest absolute Gasteiger partial charge is 0.477 e. The number of fused-ring (bicyclic) bond motifs is 2. The molecule has 0 spiro atoms. The number of nitrogens with zero attached hydrogens (tertiary/aromatic N) is 1. The van der Waals surface area contributed by atoms with Gasteiger partial charge in [-0.3, -0.25) is 9.20 Å². The van der Waals surface area contributed by atoms with Gasteiger partial charge in [-0.15, -0.1) is 11.3 Å². The molecule has 0 unspecified atom stereocenters. The van der Waals surface area contributed by atoms with Crippen LogP contribution in [-0.4, -0.2) is 15.5 Å². The SMILES string of the molecule is O=C(O)c1c(CCc2ccccc2)sc2c(-c3cccc(C(F)(F)F)c3)c(Cc3cccc4ccccc34)cc(=O)n12. The molecule has 4 nitrogen and oxygen atoms in total. The summed E-state index contributed by atoms with van der Waals surface area (Å²) in [5.74, 6) is -1.26. The van der Waals surface area contributed by atoms with Crippen LogP contribution in [0.25, 0.3) is 26.7 Å². The van der Waals surface area contributed by atoms with Crippen LogP contribution in [0.1, 0.15) is 37.6 Å². The first-order valence-corrected chi connectivity index (χ1v) is 14.1. The smallest absolute Gasteiger partial charge is 0.416 e. The normalized spacial score (nSPS) is 11.8. The zero-order valence-corrected chi connectivity index (χ0v) is 23.0. The van der Waals surface area contributed by atoms with E-state index < -0.39 is 23.3 Å². The Bertz CT molecular complexity index is 2000. The summed E-state index contributed by atoms with van der Waals surface area (Å²) in [5.41, 5.74) is 1.63. The Morgan fingerprint density at radius 3 is 2.29 bits per heavy atom. The second-order valence-electron chi connectivity index (χ2n) is 10.1. The monoisotopic (exact) mass is 583 g/mol. The third-order valence-electron chi connectivity index (χ3n) is 7.39. The van der Waals surface area contributed by atoms with Gasteiger partial charge in [0.25, 0.3) is 5.56 Å². The molecule has 0 aliphatic heterocycles. The van der Waals surface area contributed by atoms with Crippen LogP contribution in [0.3, 0.4) is 0 Å². The lowest BCUT2D eigenvalue weighted by molar-refractivity contribution is -0.137. The molecule has 0 saturated carbocycles. The van der Waals surface area contributed by atoms with Gasteiger partial charge in [-0.1, -0.05) is 84.9 Å². The van der Waals surface area contributed by atoms with Crippen LogP contribution in [0.5, 0.6) is 0 Å². The topological polar surface area (TPSA) is 58.8 Å². The van der Waals surface area contributed by atoms with Gasteiger partial charge < -0.3 is 5.11 Å². The van der Waals surface area contributed by atoms with Gasteiger partial charge in [0.15, 0.2) is 0 Å². The van der Waals surface area contributed by atoms with Crippen LogP contribution in [0.4, 0.5) is 13.2 Å². The molecule has 0 aliphatic rings. The van der Waals surface area contributed by atoms with Crippen molar-refractivity contribution in [2.24, 2.45) is 0 Å². The maximum atomic E-state index is 13.8. The number of aromatic nitrogens is 1. The van der Waals surface area contributed by atoms with E-state index in [9.17, 15) is 27.9 Å². The Morgan fingerprint density at radius 1 is 0.810 bits per heavy atom. The fraction of sp³-hybridized carbons (Fsp3) is 0.118. The van der Waals surface area contributed by atoms with Crippen LogP contribution in [0.15, 0.2) is 108 Å². The number of aromatic carboxylic acids is 1. The molecule has 2 heterocycles. The van der Waals surface area contributed by atoms with E-state index in [2.05, 4.69) is 0 Å². The molecule has 1 N–H and O–H groups in total. The fourth-order valence-corrected chi connectivity index (χ4v) is 6.81. The van der Waals surface area contributed by atoms with E-state index in [1.54, 1.807) is 6.07 Å². The average molecular weight is 584 g/mol. The van der Waals surface area contributed by atoms with Crippen LogP contribution in [0, 0.1) is 0 Å². The summed E-state index contributed by atoms with van der Waals surface area (Å²) < 4.78 is 42.5. The zero-order valence-electron chi connectivity index (χ0n) is 22.2. The highest BCUT2D eigenvalue weighted by Gasteiger charge is 2.31. The van der Waals surface area contributed by atoms with E-state index in [-0.39, 0.29) is 17.7 Å². The predicted octanol–water partition coefficient (Wildman–Crippen LogP) is 8.27. The Balaban J connectivity index is 1.60. The zero-order chi connectivity index (χ0) is 29.4. The number of carboxylic acids is 1. The molecule has 0 fully saturated rings. The molecule has 0 amide bonds. The van der Waals surface area contributed by atoms with E-state index in [0.29, 0.717) is 33.7 Å². The highest BCUT2D eigenvalue weighted by molar-refractivity contribution is 7.18. The highest BCUT2D eigenvalue weighted by Crippen LogP contribution is 2.39. The first-order valence-electron chi connectivity index (χ1n) is 13.3. The standard InChI is InChI=1S/C34H24F3NO3S/c35-34(36,37)26-14-7-13-24(19-26)30-25(18-23-12-6-11-22-10-4-5-15-27(22)23)20-29(39)38-31(33(40)41)28(42-32(30)38)17-16-21-8-2-1-3-9-21/h1-15,19-20H,16-18H2,(H,40,41). The first-order chi connectivity index (χ1) is 20.2. The number of halogens is 3. The molecule has 0 aliphatic carbocycles. The van der Waals surface area contributed by atoms with Crippen molar-refractivity contribution in [1.82, 2.24) is 4.40 Å². The molecular formula is C34H24F3NO3S. The number of alkyl halides is 3. The number of benzene rings is 4. The number of thiazole rings is 1. The molecule has 210 valence electrons. The Hall–Kier alpha value is -4.69. The van der Waals surface area contributed by atoms with Crippen molar-refractivity contribution in [3.63, 3.8) is 0 Å². The van der Waals surface area contributed by atoms with Gasteiger partial charge in [-0.05, 0) is 64.4 Å². The van der Waals surface area contributed by atoms with E-state index in [1.807, 2.05) is 72.8 Å². The lowest BCUT2D eigenvalue weighted by Gasteiger charge is -2.15. The minimum absolute atomic E-state index is 0.152. The van der Waals surface area contributed by atoms with Crippen LogP contribution in [-0.2, 0) is 25.4 Å². The van der Waals surface area contributed by atoms with Crippen molar-refractivity contribution in [3.05, 3.63) is 146 Å². The highest BCUT2D eigenvalue weighted by atomic mass is 32.1. The van der Waals surface area contributed by atoms with Gasteiger partial charge >= 0.3 is 12.1 Å². The van der Waals surface area contributed by atoms with Gasteiger partial charge in [-0.25, -0.2) is 4.79 Å². The fourth-order valence-electron chi connectivity index (χ4n) is 5.47. The molecule has 0 saturated heterocycles. The summed E-state index contributed by atoms with van der Waals surface area (Å²) in [6, 6.07) is 29.5. The van der Waals surface area contributed by atoms with Gasteiger partial charge in [0.2, 0.25) is 0 Å². The number of carboxylic acid groups (broad SMARTS) is 1. The summed E-state index contributed by atoms with van der Waals surface area (Å²) in [5, 5.41) is 12.2. The lowest BCUT2D eigenvalue weighted by atomic mass is 9.93. The van der Waals surface area contributed by atoms with E-state index in [1.165, 1.54) is 12.1 Å². The summed E-state index contributed by atoms with van der Waals surface area (Å²) in [6.07, 6.45) is -3.39. The third kappa shape index (κ3) is 5.21. The minimum Gasteiger partial charge on any atom is -0.477 e. The number of rotatable bonds is 7. The first kappa shape index (κ1) is 27.5. The number of hydrogen-bond acceptors (Lipinski definition) is 3. The maximum Gasteiger partial charge on any atom is 0.416 e. The van der Waals surface area contributed by atoms with Crippen molar-refractivity contribution in [3.8, 4) is 11.1 Å². The molecule has 0 radical (unpaired) electrons. The number of pyridine rings is 1. The molecule has 42 heavy (non-hydrogen) atoms. The lowest BCUT2D eigenvalue weighted by Crippen LogP contribution is -2.19. The second-order valence-corrected chi connectivity index (χ2v) is 11.2. The van der Waals surface area contributed by atoms with Crippen molar-refractivity contribution < 1.29 is 23.1 Å². The van der Waals surface area contributed by atoms with Crippen LogP contribution in [0.2, 0.25) is 0 Å². The van der Waals surface area contributed by atoms with Gasteiger partial charge in [0.1, 0.15) is 10.5 Å². The number of carbonyl (C=O) groups is 1. The minimum atomic E-state index is -4.57. The summed E-state index contributed by atoms with van der Waals surface area (Å²) in [6.45, 7) is 0. The average Bonchev–Trinajstić information content (AvgIpc) is 3.37. The van der Waals surface area contributed by atoms with Gasteiger partial charge in [0.05, 0.1) is 5.56 Å².